The van der Waals surface area contributed by atoms with Crippen LogP contribution in [0.15, 0.2) is 150 Å². The van der Waals surface area contributed by atoms with Gasteiger partial charge in [0.2, 0.25) is 0 Å². The Bertz CT molecular complexity index is 2360. The van der Waals surface area contributed by atoms with Crippen molar-refractivity contribution in [3.63, 3.8) is 0 Å². The van der Waals surface area contributed by atoms with Gasteiger partial charge < -0.3 is 4.42 Å². The molecule has 0 unspecified atom stereocenters. The smallest absolute Gasteiger partial charge is 0.160 e. The highest BCUT2D eigenvalue weighted by Crippen LogP contribution is 2.51. The number of aromatic nitrogens is 2. The average molecular weight is 591 g/mol. The third-order valence-corrected chi connectivity index (χ3v) is 9.52. The van der Waals surface area contributed by atoms with Crippen LogP contribution < -0.4 is 0 Å². The van der Waals surface area contributed by atoms with Gasteiger partial charge in [-0.2, -0.15) is 0 Å². The van der Waals surface area contributed by atoms with E-state index < -0.39 is 0 Å². The van der Waals surface area contributed by atoms with Crippen molar-refractivity contribution in [3.05, 3.63) is 157 Å². The maximum absolute atomic E-state index is 6.52. The van der Waals surface area contributed by atoms with Crippen LogP contribution in [0.5, 0.6) is 0 Å². The molecule has 1 aliphatic rings. The van der Waals surface area contributed by atoms with Gasteiger partial charge in [-0.25, -0.2) is 9.97 Å². The van der Waals surface area contributed by atoms with Gasteiger partial charge in [-0.05, 0) is 57.6 Å². The van der Waals surface area contributed by atoms with Gasteiger partial charge in [-0.3, -0.25) is 0 Å². The molecule has 0 aliphatic heterocycles. The molecule has 218 valence electrons. The van der Waals surface area contributed by atoms with Crippen LogP contribution in [0.4, 0.5) is 0 Å². The summed E-state index contributed by atoms with van der Waals surface area (Å²) in [5.41, 5.74) is 14.2. The Morgan fingerprint density at radius 1 is 0.457 bits per heavy atom. The molecule has 8 aromatic rings. The standard InChI is InChI=1S/C43H30N2O/c1-43(2)35-18-10-9-16-32(35)33-24-34-40(25-36(33)43)46-39-19-11-17-31(41(34)39)27-20-22-30(23-21-27)42-44-37(28-12-5-3-6-13-28)26-38(45-42)29-14-7-4-8-15-29/h3-26H,1-2H3. The molecule has 9 rings (SSSR count). The van der Waals surface area contributed by atoms with Crippen LogP contribution in [0.1, 0.15) is 25.0 Å². The fourth-order valence-electron chi connectivity index (χ4n) is 7.15. The lowest BCUT2D eigenvalue weighted by Crippen LogP contribution is -2.14. The second kappa shape index (κ2) is 10.1. The molecule has 0 saturated carbocycles. The van der Waals surface area contributed by atoms with E-state index >= 15 is 0 Å². The molecule has 1 aliphatic carbocycles. The lowest BCUT2D eigenvalue weighted by atomic mass is 9.82. The zero-order chi connectivity index (χ0) is 30.8. The molecular weight excluding hydrogens is 560 g/mol. The number of benzene rings is 6. The molecule has 0 bridgehead atoms. The van der Waals surface area contributed by atoms with Crippen molar-refractivity contribution in [1.82, 2.24) is 9.97 Å². The Hall–Kier alpha value is -5.80. The van der Waals surface area contributed by atoms with E-state index in [2.05, 4.69) is 123 Å². The number of hydrogen-bond donors (Lipinski definition) is 0. The molecule has 46 heavy (non-hydrogen) atoms. The summed E-state index contributed by atoms with van der Waals surface area (Å²) < 4.78 is 6.52. The number of nitrogens with zero attached hydrogens (tertiary/aromatic N) is 2. The van der Waals surface area contributed by atoms with Gasteiger partial charge in [-0.15, -0.1) is 0 Å². The van der Waals surface area contributed by atoms with Crippen molar-refractivity contribution in [3.8, 4) is 56.2 Å². The summed E-state index contributed by atoms with van der Waals surface area (Å²) in [6, 6.07) is 51.0. The van der Waals surface area contributed by atoms with Crippen molar-refractivity contribution in [2.75, 3.05) is 0 Å². The fourth-order valence-corrected chi connectivity index (χ4v) is 7.15. The zero-order valence-electron chi connectivity index (χ0n) is 25.7. The van der Waals surface area contributed by atoms with Crippen LogP contribution >= 0.6 is 0 Å². The molecule has 0 N–H and O–H groups in total. The molecule has 3 nitrogen and oxygen atoms in total. The van der Waals surface area contributed by atoms with Gasteiger partial charge in [0.05, 0.1) is 11.4 Å². The Kier molecular flexibility index (Phi) is 5.85. The third kappa shape index (κ3) is 4.13. The molecule has 0 atom stereocenters. The predicted molar refractivity (Wildman–Crippen MR) is 189 cm³/mol. The maximum atomic E-state index is 6.52. The summed E-state index contributed by atoms with van der Waals surface area (Å²) in [4.78, 5) is 10.0. The first kappa shape index (κ1) is 26.6. The van der Waals surface area contributed by atoms with Crippen LogP contribution in [-0.2, 0) is 5.41 Å². The van der Waals surface area contributed by atoms with Gasteiger partial charge in [-0.1, -0.05) is 135 Å². The average Bonchev–Trinajstić information content (AvgIpc) is 3.59. The predicted octanol–water partition coefficient (Wildman–Crippen LogP) is 11.4. The molecule has 3 heteroatoms. The van der Waals surface area contributed by atoms with E-state index in [4.69, 9.17) is 14.4 Å². The van der Waals surface area contributed by atoms with Gasteiger partial charge in [0.25, 0.3) is 0 Å². The van der Waals surface area contributed by atoms with Crippen molar-refractivity contribution in [1.29, 1.82) is 0 Å². The van der Waals surface area contributed by atoms with Crippen molar-refractivity contribution in [2.45, 2.75) is 19.3 Å². The first-order valence-electron chi connectivity index (χ1n) is 15.7. The Morgan fingerprint density at radius 2 is 1.07 bits per heavy atom. The largest absolute Gasteiger partial charge is 0.456 e. The summed E-state index contributed by atoms with van der Waals surface area (Å²) in [7, 11) is 0. The second-order valence-corrected chi connectivity index (χ2v) is 12.6. The van der Waals surface area contributed by atoms with Gasteiger partial charge in [0.1, 0.15) is 11.2 Å². The van der Waals surface area contributed by atoms with Crippen LogP contribution in [0.3, 0.4) is 0 Å². The SMILES string of the molecule is CC1(C)c2ccccc2-c2cc3c(cc21)oc1cccc(-c2ccc(-c4nc(-c5ccccc5)cc(-c5ccccc5)n4)cc2)c13. The van der Waals surface area contributed by atoms with Gasteiger partial charge >= 0.3 is 0 Å². The van der Waals surface area contributed by atoms with Crippen LogP contribution in [-0.4, -0.2) is 9.97 Å². The third-order valence-electron chi connectivity index (χ3n) is 9.52. The minimum absolute atomic E-state index is 0.0714. The highest BCUT2D eigenvalue weighted by atomic mass is 16.3. The minimum atomic E-state index is -0.0714. The molecular formula is C43H30N2O. The van der Waals surface area contributed by atoms with Gasteiger partial charge in [0.15, 0.2) is 5.82 Å². The summed E-state index contributed by atoms with van der Waals surface area (Å²) in [5, 5.41) is 2.29. The quantitative estimate of drug-likeness (QED) is 0.205. The lowest BCUT2D eigenvalue weighted by Gasteiger charge is -2.21. The summed E-state index contributed by atoms with van der Waals surface area (Å²) in [6.45, 7) is 4.61. The molecule has 0 radical (unpaired) electrons. The van der Waals surface area contributed by atoms with E-state index in [0.717, 1.165) is 61.1 Å². The Balaban J connectivity index is 1.17. The normalized spacial score (nSPS) is 13.2. The van der Waals surface area contributed by atoms with Crippen molar-refractivity contribution >= 4 is 21.9 Å². The molecule has 0 spiro atoms. The lowest BCUT2D eigenvalue weighted by molar-refractivity contribution is 0.647. The first-order chi connectivity index (χ1) is 22.5. The Morgan fingerprint density at radius 3 is 1.76 bits per heavy atom. The summed E-state index contributed by atoms with van der Waals surface area (Å²) in [6.07, 6.45) is 0. The summed E-state index contributed by atoms with van der Waals surface area (Å²) in [5.74, 6) is 0.704. The van der Waals surface area contributed by atoms with E-state index in [-0.39, 0.29) is 5.41 Å². The van der Waals surface area contributed by atoms with E-state index in [9.17, 15) is 0 Å². The van der Waals surface area contributed by atoms with Crippen LogP contribution in [0.2, 0.25) is 0 Å². The zero-order valence-corrected chi connectivity index (χ0v) is 25.7. The number of furan rings is 1. The van der Waals surface area contributed by atoms with E-state index in [0.29, 0.717) is 5.82 Å². The molecule has 0 amide bonds. The molecule has 2 aromatic heterocycles. The molecule has 2 heterocycles. The van der Waals surface area contributed by atoms with Crippen molar-refractivity contribution < 1.29 is 4.42 Å². The highest BCUT2D eigenvalue weighted by molar-refractivity contribution is 6.14. The van der Waals surface area contributed by atoms with E-state index in [1.165, 1.54) is 22.3 Å². The van der Waals surface area contributed by atoms with E-state index in [1.54, 1.807) is 0 Å². The fraction of sp³-hybridized carbons (Fsp3) is 0.0698. The van der Waals surface area contributed by atoms with Crippen LogP contribution in [0, 0.1) is 0 Å². The number of rotatable bonds is 4. The monoisotopic (exact) mass is 590 g/mol. The van der Waals surface area contributed by atoms with Gasteiger partial charge in [0, 0.05) is 32.9 Å². The maximum Gasteiger partial charge on any atom is 0.160 e. The Labute approximate surface area is 267 Å². The molecule has 0 fully saturated rings. The summed E-state index contributed by atoms with van der Waals surface area (Å²) >= 11 is 0. The molecule has 0 saturated heterocycles. The number of fused-ring (bicyclic) bond motifs is 6. The topological polar surface area (TPSA) is 38.9 Å². The van der Waals surface area contributed by atoms with Crippen molar-refractivity contribution in [2.24, 2.45) is 0 Å². The molecule has 6 aromatic carbocycles. The van der Waals surface area contributed by atoms with E-state index in [1.807, 2.05) is 36.4 Å². The van der Waals surface area contributed by atoms with Crippen LogP contribution in [0.25, 0.3) is 78.1 Å². The second-order valence-electron chi connectivity index (χ2n) is 12.6. The highest BCUT2D eigenvalue weighted by Gasteiger charge is 2.36. The minimum Gasteiger partial charge on any atom is -0.456 e. The number of hydrogen-bond acceptors (Lipinski definition) is 3. The first-order valence-corrected chi connectivity index (χ1v) is 15.7.